The van der Waals surface area contributed by atoms with Crippen molar-refractivity contribution in [3.63, 3.8) is 0 Å². The van der Waals surface area contributed by atoms with Crippen LogP contribution in [0.3, 0.4) is 0 Å². The highest BCUT2D eigenvalue weighted by molar-refractivity contribution is 5.47. The summed E-state index contributed by atoms with van der Waals surface area (Å²) in [5, 5.41) is 9.86. The Morgan fingerprint density at radius 3 is 2.68 bits per heavy atom. The molecule has 3 rings (SSSR count). The van der Waals surface area contributed by atoms with Crippen molar-refractivity contribution >= 4 is 0 Å². The predicted molar refractivity (Wildman–Crippen MR) is 76.7 cm³/mol. The molecule has 1 saturated carbocycles. The molecule has 2 aliphatic rings. The second-order valence-electron chi connectivity index (χ2n) is 6.37. The van der Waals surface area contributed by atoms with Crippen LogP contribution in [0.4, 0.5) is 0 Å². The van der Waals surface area contributed by atoms with Crippen LogP contribution in [0, 0.1) is 17.8 Å². The van der Waals surface area contributed by atoms with Crippen LogP contribution in [0.5, 0.6) is 11.5 Å². The average molecular weight is 260 g/mol. The Labute approximate surface area is 115 Å². The van der Waals surface area contributed by atoms with Crippen molar-refractivity contribution in [3.8, 4) is 11.5 Å². The zero-order chi connectivity index (χ0) is 13.4. The number of phenols is 1. The van der Waals surface area contributed by atoms with E-state index in [-0.39, 0.29) is 5.75 Å². The van der Waals surface area contributed by atoms with Crippen molar-refractivity contribution in [1.29, 1.82) is 0 Å². The Balaban J connectivity index is 1.83. The van der Waals surface area contributed by atoms with Gasteiger partial charge in [-0.15, -0.1) is 0 Å². The monoisotopic (exact) mass is 260 g/mol. The Morgan fingerprint density at radius 2 is 2.00 bits per heavy atom. The van der Waals surface area contributed by atoms with Gasteiger partial charge in [0.15, 0.2) is 11.5 Å². The smallest absolute Gasteiger partial charge is 0.160 e. The van der Waals surface area contributed by atoms with Crippen molar-refractivity contribution in [2.75, 3.05) is 7.11 Å². The summed E-state index contributed by atoms with van der Waals surface area (Å²) in [5.41, 5.74) is 2.71. The molecule has 3 atom stereocenters. The summed E-state index contributed by atoms with van der Waals surface area (Å²) in [6.45, 7) is 2.42. The molecule has 104 valence electrons. The van der Waals surface area contributed by atoms with Gasteiger partial charge < -0.3 is 9.84 Å². The first-order valence-corrected chi connectivity index (χ1v) is 7.57. The molecular weight excluding hydrogens is 236 g/mol. The second kappa shape index (κ2) is 5.07. The fraction of sp³-hybridized carbons (Fsp3) is 0.647. The van der Waals surface area contributed by atoms with E-state index in [1.807, 2.05) is 6.07 Å². The summed E-state index contributed by atoms with van der Waals surface area (Å²) >= 11 is 0. The van der Waals surface area contributed by atoms with E-state index >= 15 is 0 Å². The minimum absolute atomic E-state index is 0.286. The van der Waals surface area contributed by atoms with Crippen LogP contribution < -0.4 is 4.74 Å². The summed E-state index contributed by atoms with van der Waals surface area (Å²) < 4.78 is 5.24. The maximum absolute atomic E-state index is 9.86. The molecule has 0 aliphatic heterocycles. The summed E-state index contributed by atoms with van der Waals surface area (Å²) in [6.07, 6.45) is 7.80. The molecular formula is C17H24O2. The van der Waals surface area contributed by atoms with E-state index in [9.17, 15) is 5.11 Å². The van der Waals surface area contributed by atoms with E-state index in [0.717, 1.165) is 24.2 Å². The fourth-order valence-electron chi connectivity index (χ4n) is 4.21. The lowest BCUT2D eigenvalue weighted by atomic mass is 9.74. The average Bonchev–Trinajstić information content (AvgIpc) is 2.84. The number of hydrogen-bond donors (Lipinski definition) is 1. The third kappa shape index (κ3) is 2.33. The third-order valence-electron chi connectivity index (χ3n) is 5.30. The number of aromatic hydroxyl groups is 1. The summed E-state index contributed by atoms with van der Waals surface area (Å²) in [4.78, 5) is 0. The number of methoxy groups -OCH3 is 1. The molecule has 2 aliphatic carbocycles. The highest BCUT2D eigenvalue weighted by Gasteiger charge is 2.33. The van der Waals surface area contributed by atoms with Crippen LogP contribution in [-0.4, -0.2) is 12.2 Å². The molecule has 0 bridgehead atoms. The molecule has 1 aromatic carbocycles. The lowest BCUT2D eigenvalue weighted by molar-refractivity contribution is 0.249. The number of fused-ring (bicyclic) bond motifs is 1. The zero-order valence-corrected chi connectivity index (χ0v) is 12.0. The minimum Gasteiger partial charge on any atom is -0.504 e. The van der Waals surface area contributed by atoms with Gasteiger partial charge in [-0.25, -0.2) is 0 Å². The van der Waals surface area contributed by atoms with Crippen LogP contribution in [0.2, 0.25) is 0 Å². The first kappa shape index (κ1) is 12.8. The summed E-state index contributed by atoms with van der Waals surface area (Å²) in [6, 6.07) is 3.96. The van der Waals surface area contributed by atoms with Crippen molar-refractivity contribution < 1.29 is 9.84 Å². The molecule has 0 aromatic heterocycles. The van der Waals surface area contributed by atoms with Crippen molar-refractivity contribution in [1.82, 2.24) is 0 Å². The number of ether oxygens (including phenoxy) is 1. The topological polar surface area (TPSA) is 29.5 Å². The van der Waals surface area contributed by atoms with Gasteiger partial charge >= 0.3 is 0 Å². The molecule has 0 saturated heterocycles. The molecule has 0 heterocycles. The van der Waals surface area contributed by atoms with Gasteiger partial charge in [0, 0.05) is 0 Å². The Hall–Kier alpha value is -1.18. The number of rotatable bonds is 2. The minimum atomic E-state index is 0.286. The summed E-state index contributed by atoms with van der Waals surface area (Å²) in [7, 11) is 1.63. The molecule has 2 nitrogen and oxygen atoms in total. The number of aryl methyl sites for hydroxylation is 1. The Morgan fingerprint density at radius 1 is 1.16 bits per heavy atom. The van der Waals surface area contributed by atoms with Gasteiger partial charge in [-0.3, -0.25) is 0 Å². The Bertz CT molecular complexity index is 467. The molecule has 3 unspecified atom stereocenters. The van der Waals surface area contributed by atoms with Crippen LogP contribution in [0.1, 0.15) is 43.7 Å². The number of phenolic OH excluding ortho intramolecular Hbond substituents is 1. The molecule has 1 aromatic rings. The Kier molecular flexibility index (Phi) is 3.42. The van der Waals surface area contributed by atoms with E-state index in [2.05, 4.69) is 13.0 Å². The SMILES string of the molecule is COc1cc2c(cc1O)CCC(C1CCCC1C)C2. The quantitative estimate of drug-likeness (QED) is 0.872. The van der Waals surface area contributed by atoms with E-state index in [4.69, 9.17) is 4.74 Å². The number of hydrogen-bond acceptors (Lipinski definition) is 2. The molecule has 0 amide bonds. The van der Waals surface area contributed by atoms with Gasteiger partial charge in [-0.2, -0.15) is 0 Å². The largest absolute Gasteiger partial charge is 0.504 e. The van der Waals surface area contributed by atoms with Crippen LogP contribution >= 0.6 is 0 Å². The first-order chi connectivity index (χ1) is 9.19. The third-order valence-corrected chi connectivity index (χ3v) is 5.30. The molecule has 19 heavy (non-hydrogen) atoms. The van der Waals surface area contributed by atoms with Crippen LogP contribution in [0.25, 0.3) is 0 Å². The lowest BCUT2D eigenvalue weighted by Gasteiger charge is -2.32. The summed E-state index contributed by atoms with van der Waals surface area (Å²) in [5.74, 6) is 3.55. The number of benzene rings is 1. The van der Waals surface area contributed by atoms with Crippen LogP contribution in [0.15, 0.2) is 12.1 Å². The maximum Gasteiger partial charge on any atom is 0.160 e. The van der Waals surface area contributed by atoms with Gasteiger partial charge in [-0.05, 0) is 66.7 Å². The highest BCUT2D eigenvalue weighted by atomic mass is 16.5. The molecule has 0 radical (unpaired) electrons. The predicted octanol–water partition coefficient (Wildman–Crippen LogP) is 3.94. The van der Waals surface area contributed by atoms with E-state index in [0.29, 0.717) is 5.75 Å². The van der Waals surface area contributed by atoms with E-state index < -0.39 is 0 Å². The molecule has 1 N–H and O–H groups in total. The van der Waals surface area contributed by atoms with Gasteiger partial charge in [0.05, 0.1) is 7.11 Å². The van der Waals surface area contributed by atoms with Gasteiger partial charge in [0.2, 0.25) is 0 Å². The fourth-order valence-corrected chi connectivity index (χ4v) is 4.21. The molecule has 2 heteroatoms. The van der Waals surface area contributed by atoms with Crippen molar-refractivity contribution in [3.05, 3.63) is 23.3 Å². The first-order valence-electron chi connectivity index (χ1n) is 7.57. The molecule has 0 spiro atoms. The van der Waals surface area contributed by atoms with Gasteiger partial charge in [0.1, 0.15) is 0 Å². The van der Waals surface area contributed by atoms with Gasteiger partial charge in [-0.1, -0.05) is 19.8 Å². The van der Waals surface area contributed by atoms with Gasteiger partial charge in [0.25, 0.3) is 0 Å². The lowest BCUT2D eigenvalue weighted by Crippen LogP contribution is -2.24. The normalized spacial score (nSPS) is 30.1. The highest BCUT2D eigenvalue weighted by Crippen LogP contribution is 2.43. The molecule has 1 fully saturated rings. The second-order valence-corrected chi connectivity index (χ2v) is 6.37. The zero-order valence-electron chi connectivity index (χ0n) is 12.0. The van der Waals surface area contributed by atoms with E-state index in [1.54, 1.807) is 7.11 Å². The van der Waals surface area contributed by atoms with Crippen molar-refractivity contribution in [2.45, 2.75) is 45.4 Å². The van der Waals surface area contributed by atoms with E-state index in [1.165, 1.54) is 43.2 Å². The maximum atomic E-state index is 9.86. The van der Waals surface area contributed by atoms with Crippen LogP contribution in [-0.2, 0) is 12.8 Å². The standard InChI is InChI=1S/C17H24O2/c1-11-4-3-5-15(11)13-7-6-12-9-16(18)17(19-2)10-14(12)8-13/h9-11,13,15,18H,3-8H2,1-2H3. The van der Waals surface area contributed by atoms with Crippen molar-refractivity contribution in [2.24, 2.45) is 17.8 Å².